The van der Waals surface area contributed by atoms with Gasteiger partial charge in [-0.15, -0.1) is 0 Å². The van der Waals surface area contributed by atoms with Crippen LogP contribution in [0.2, 0.25) is 0 Å². The molecule has 0 radical (unpaired) electrons. The highest BCUT2D eigenvalue weighted by atomic mass is 32.2. The lowest BCUT2D eigenvalue weighted by Crippen LogP contribution is -2.03. The minimum absolute atomic E-state index is 0.131. The van der Waals surface area contributed by atoms with E-state index in [0.717, 1.165) is 5.56 Å². The van der Waals surface area contributed by atoms with Crippen molar-refractivity contribution in [2.24, 2.45) is 0 Å². The van der Waals surface area contributed by atoms with E-state index in [1.807, 2.05) is 13.0 Å². The molecule has 0 aliphatic rings. The number of hydrogen-bond donors (Lipinski definition) is 0. The maximum atomic E-state index is 12.4. The van der Waals surface area contributed by atoms with E-state index in [1.54, 1.807) is 42.5 Å². The summed E-state index contributed by atoms with van der Waals surface area (Å²) in [5, 5.41) is 9.14. The molecular weight excluding hydrogens is 270 g/mol. The number of nitrogens with zero attached hydrogens (tertiary/aromatic N) is 1. The summed E-state index contributed by atoms with van der Waals surface area (Å²) in [5.41, 5.74) is 1.65. The molecule has 20 heavy (non-hydrogen) atoms. The molecule has 0 aromatic heterocycles. The quantitative estimate of drug-likeness (QED) is 0.812. The zero-order chi connectivity index (χ0) is 14.6. The van der Waals surface area contributed by atoms with Crippen molar-refractivity contribution in [1.29, 1.82) is 5.26 Å². The van der Waals surface area contributed by atoms with Crippen LogP contribution in [0.15, 0.2) is 64.4 Å². The Morgan fingerprint density at radius 2 is 1.65 bits per heavy atom. The van der Waals surface area contributed by atoms with Crippen LogP contribution in [0, 0.1) is 18.3 Å². The first kappa shape index (κ1) is 14.0. The molecule has 0 saturated carbocycles. The minimum Gasteiger partial charge on any atom is -0.218 e. The lowest BCUT2D eigenvalue weighted by molar-refractivity contribution is 0.603. The third-order valence-corrected chi connectivity index (χ3v) is 4.51. The van der Waals surface area contributed by atoms with Crippen molar-refractivity contribution < 1.29 is 8.42 Å². The fourth-order valence-corrected chi connectivity index (χ4v) is 2.87. The second kappa shape index (κ2) is 5.72. The molecule has 0 amide bonds. The first-order chi connectivity index (χ1) is 9.54. The van der Waals surface area contributed by atoms with E-state index >= 15 is 0 Å². The predicted octanol–water partition coefficient (Wildman–Crippen LogP) is 3.33. The third-order valence-electron chi connectivity index (χ3n) is 2.83. The lowest BCUT2D eigenvalue weighted by Gasteiger charge is -2.03. The molecule has 0 atom stereocenters. The van der Waals surface area contributed by atoms with E-state index < -0.39 is 9.84 Å². The Hall–Kier alpha value is -2.38. The van der Waals surface area contributed by atoms with Gasteiger partial charge in [0.05, 0.1) is 4.90 Å². The van der Waals surface area contributed by atoms with Crippen LogP contribution in [0.3, 0.4) is 0 Å². The van der Waals surface area contributed by atoms with Crippen molar-refractivity contribution in [1.82, 2.24) is 0 Å². The highest BCUT2D eigenvalue weighted by molar-refractivity contribution is 7.95. The summed E-state index contributed by atoms with van der Waals surface area (Å²) in [5.74, 6) is 0. The second-order valence-corrected chi connectivity index (χ2v) is 6.27. The van der Waals surface area contributed by atoms with Crippen LogP contribution in [0.5, 0.6) is 0 Å². The van der Waals surface area contributed by atoms with E-state index in [4.69, 9.17) is 5.26 Å². The molecule has 0 N–H and O–H groups in total. The highest BCUT2D eigenvalue weighted by Gasteiger charge is 2.20. The molecular formula is C16H13NO2S. The summed E-state index contributed by atoms with van der Waals surface area (Å²) < 4.78 is 24.8. The highest BCUT2D eigenvalue weighted by Crippen LogP contribution is 2.21. The zero-order valence-corrected chi connectivity index (χ0v) is 11.8. The molecule has 0 heterocycles. The normalized spacial score (nSPS) is 11.9. The van der Waals surface area contributed by atoms with Gasteiger partial charge in [0.25, 0.3) is 0 Å². The lowest BCUT2D eigenvalue weighted by atomic mass is 10.2. The van der Waals surface area contributed by atoms with E-state index in [-0.39, 0.29) is 9.80 Å². The summed E-state index contributed by atoms with van der Waals surface area (Å²) in [6.45, 7) is 1.88. The fourth-order valence-electron chi connectivity index (χ4n) is 1.71. The van der Waals surface area contributed by atoms with Crippen LogP contribution in [-0.2, 0) is 9.84 Å². The number of hydrogen-bond acceptors (Lipinski definition) is 3. The molecule has 0 unspecified atom stereocenters. The Bertz CT molecular complexity index is 767. The van der Waals surface area contributed by atoms with Gasteiger partial charge >= 0.3 is 0 Å². The zero-order valence-electron chi connectivity index (χ0n) is 10.9. The maximum Gasteiger partial charge on any atom is 0.216 e. The predicted molar refractivity (Wildman–Crippen MR) is 78.4 cm³/mol. The van der Waals surface area contributed by atoms with Crippen LogP contribution in [0.4, 0.5) is 0 Å². The smallest absolute Gasteiger partial charge is 0.216 e. The van der Waals surface area contributed by atoms with Crippen LogP contribution in [-0.4, -0.2) is 8.42 Å². The molecule has 2 aromatic carbocycles. The minimum atomic E-state index is -3.77. The van der Waals surface area contributed by atoms with E-state index in [1.165, 1.54) is 18.2 Å². The van der Waals surface area contributed by atoms with Gasteiger partial charge in [-0.2, -0.15) is 5.26 Å². The molecule has 100 valence electrons. The molecule has 3 nitrogen and oxygen atoms in total. The summed E-state index contributed by atoms with van der Waals surface area (Å²) >= 11 is 0. The Morgan fingerprint density at radius 3 is 2.20 bits per heavy atom. The van der Waals surface area contributed by atoms with Crippen molar-refractivity contribution >= 4 is 15.9 Å². The van der Waals surface area contributed by atoms with Crippen molar-refractivity contribution in [3.8, 4) is 6.07 Å². The molecule has 2 rings (SSSR count). The molecule has 0 aliphatic carbocycles. The summed E-state index contributed by atoms with van der Waals surface area (Å²) in [7, 11) is -3.77. The second-order valence-electron chi connectivity index (χ2n) is 4.35. The summed E-state index contributed by atoms with van der Waals surface area (Å²) in [4.78, 5) is -0.126. The largest absolute Gasteiger partial charge is 0.218 e. The van der Waals surface area contributed by atoms with E-state index in [9.17, 15) is 8.42 Å². The number of aryl methyl sites for hydroxylation is 1. The van der Waals surface area contributed by atoms with Crippen molar-refractivity contribution in [2.45, 2.75) is 11.8 Å². The molecule has 0 spiro atoms. The average Bonchev–Trinajstić information content (AvgIpc) is 2.46. The molecule has 0 fully saturated rings. The monoisotopic (exact) mass is 283 g/mol. The average molecular weight is 283 g/mol. The van der Waals surface area contributed by atoms with Gasteiger partial charge in [0.1, 0.15) is 11.0 Å². The van der Waals surface area contributed by atoms with Crippen molar-refractivity contribution in [3.05, 3.63) is 70.6 Å². The number of sulfone groups is 1. The molecule has 4 heteroatoms. The standard InChI is InChI=1S/C16H13NO2S/c1-13-7-9-15(10-8-13)20(18,19)16(12-17)11-14-5-3-2-4-6-14/h2-11H,1H3. The molecule has 0 bridgehead atoms. The fraction of sp³-hybridized carbons (Fsp3) is 0.0625. The van der Waals surface area contributed by atoms with Gasteiger partial charge in [0, 0.05) is 0 Å². The van der Waals surface area contributed by atoms with Crippen LogP contribution >= 0.6 is 0 Å². The molecule has 0 saturated heterocycles. The van der Waals surface area contributed by atoms with Gasteiger partial charge in [-0.1, -0.05) is 48.0 Å². The SMILES string of the molecule is Cc1ccc(S(=O)(=O)C(C#N)=Cc2ccccc2)cc1. The summed E-state index contributed by atoms with van der Waals surface area (Å²) in [6, 6.07) is 17.1. The van der Waals surface area contributed by atoms with Crippen molar-refractivity contribution in [2.75, 3.05) is 0 Å². The topological polar surface area (TPSA) is 57.9 Å². The van der Waals surface area contributed by atoms with Gasteiger partial charge in [0.15, 0.2) is 0 Å². The number of nitriles is 1. The van der Waals surface area contributed by atoms with E-state index in [2.05, 4.69) is 0 Å². The third kappa shape index (κ3) is 2.95. The number of rotatable bonds is 3. The number of benzene rings is 2. The molecule has 2 aromatic rings. The Morgan fingerprint density at radius 1 is 1.05 bits per heavy atom. The first-order valence-corrected chi connectivity index (χ1v) is 7.51. The summed E-state index contributed by atoms with van der Waals surface area (Å²) in [6.07, 6.45) is 1.38. The first-order valence-electron chi connectivity index (χ1n) is 6.02. The Balaban J connectivity index is 2.49. The van der Waals surface area contributed by atoms with Gasteiger partial charge in [0.2, 0.25) is 9.84 Å². The van der Waals surface area contributed by atoms with Gasteiger partial charge < -0.3 is 0 Å². The van der Waals surface area contributed by atoms with Gasteiger partial charge in [-0.25, -0.2) is 8.42 Å². The molecule has 0 aliphatic heterocycles. The Kier molecular flexibility index (Phi) is 4.02. The number of allylic oxidation sites excluding steroid dienone is 1. The van der Waals surface area contributed by atoms with E-state index in [0.29, 0.717) is 5.56 Å². The van der Waals surface area contributed by atoms with Crippen LogP contribution < -0.4 is 0 Å². The van der Waals surface area contributed by atoms with Gasteiger partial charge in [-0.3, -0.25) is 0 Å². The van der Waals surface area contributed by atoms with Gasteiger partial charge in [-0.05, 0) is 30.7 Å². The van der Waals surface area contributed by atoms with Crippen LogP contribution in [0.1, 0.15) is 11.1 Å². The Labute approximate surface area is 118 Å². The maximum absolute atomic E-state index is 12.4. The van der Waals surface area contributed by atoms with Crippen molar-refractivity contribution in [3.63, 3.8) is 0 Å². The van der Waals surface area contributed by atoms with Crippen LogP contribution in [0.25, 0.3) is 6.08 Å².